The van der Waals surface area contributed by atoms with Crippen molar-refractivity contribution in [2.75, 3.05) is 37.9 Å². The lowest BCUT2D eigenvalue weighted by atomic mass is 10.1. The molecule has 0 bridgehead atoms. The Morgan fingerprint density at radius 1 is 1.03 bits per heavy atom. The van der Waals surface area contributed by atoms with Crippen molar-refractivity contribution >= 4 is 27.5 Å². The van der Waals surface area contributed by atoms with E-state index >= 15 is 0 Å². The molecule has 2 rings (SSSR count). The molecule has 2 aromatic carbocycles. The van der Waals surface area contributed by atoms with Gasteiger partial charge in [0.15, 0.2) is 0 Å². The van der Waals surface area contributed by atoms with Gasteiger partial charge in [-0.15, -0.1) is 0 Å². The normalized spacial score (nSPS) is 11.9. The van der Waals surface area contributed by atoms with Crippen LogP contribution in [-0.4, -0.2) is 64.7 Å². The standard InChI is InChI=1S/C24H33N3O6S/c1-6-15-25-24(29)18(2)26(16-19-11-13-20(32-3)14-12-19)23(28)17-27(34(5,30)31)21-9-7-8-10-22(21)33-4/h7-14,18H,6,15-17H2,1-5H3,(H,25,29). The number of hydrogen-bond donors (Lipinski definition) is 1. The summed E-state index contributed by atoms with van der Waals surface area (Å²) in [7, 11) is -0.846. The maximum Gasteiger partial charge on any atom is 0.244 e. The third-order valence-electron chi connectivity index (χ3n) is 5.26. The first-order chi connectivity index (χ1) is 16.1. The van der Waals surface area contributed by atoms with Gasteiger partial charge in [-0.25, -0.2) is 8.42 Å². The van der Waals surface area contributed by atoms with Crippen molar-refractivity contribution in [3.8, 4) is 11.5 Å². The van der Waals surface area contributed by atoms with Crippen LogP contribution in [0.3, 0.4) is 0 Å². The van der Waals surface area contributed by atoms with E-state index in [0.29, 0.717) is 18.0 Å². The highest BCUT2D eigenvalue weighted by atomic mass is 32.2. The van der Waals surface area contributed by atoms with Gasteiger partial charge in [-0.1, -0.05) is 31.2 Å². The summed E-state index contributed by atoms with van der Waals surface area (Å²) in [6, 6.07) is 12.9. The Morgan fingerprint density at radius 3 is 2.24 bits per heavy atom. The van der Waals surface area contributed by atoms with Gasteiger partial charge in [-0.3, -0.25) is 13.9 Å². The molecule has 1 N–H and O–H groups in total. The zero-order valence-corrected chi connectivity index (χ0v) is 21.1. The molecule has 0 radical (unpaired) electrons. The molecule has 2 amide bonds. The maximum absolute atomic E-state index is 13.5. The summed E-state index contributed by atoms with van der Waals surface area (Å²) in [4.78, 5) is 27.6. The van der Waals surface area contributed by atoms with Crippen molar-refractivity contribution in [2.24, 2.45) is 0 Å². The van der Waals surface area contributed by atoms with E-state index in [2.05, 4.69) is 5.32 Å². The molecule has 0 spiro atoms. The Hall–Kier alpha value is -3.27. The molecule has 0 aliphatic carbocycles. The number of para-hydroxylation sites is 2. The smallest absolute Gasteiger partial charge is 0.244 e. The second-order valence-corrected chi connectivity index (χ2v) is 9.69. The Kier molecular flexibility index (Phi) is 9.73. The van der Waals surface area contributed by atoms with Crippen LogP contribution in [0.1, 0.15) is 25.8 Å². The predicted molar refractivity (Wildman–Crippen MR) is 131 cm³/mol. The van der Waals surface area contributed by atoms with E-state index in [4.69, 9.17) is 9.47 Å². The van der Waals surface area contributed by atoms with Gasteiger partial charge in [0.05, 0.1) is 26.2 Å². The van der Waals surface area contributed by atoms with Gasteiger partial charge in [-0.05, 0) is 43.2 Å². The molecule has 0 saturated heterocycles. The summed E-state index contributed by atoms with van der Waals surface area (Å²) < 4.78 is 36.8. The largest absolute Gasteiger partial charge is 0.497 e. The Morgan fingerprint density at radius 2 is 1.68 bits per heavy atom. The zero-order chi connectivity index (χ0) is 25.3. The van der Waals surface area contributed by atoms with E-state index in [0.717, 1.165) is 22.5 Å². The number of sulfonamides is 1. The van der Waals surface area contributed by atoms with E-state index in [1.807, 2.05) is 6.92 Å². The maximum atomic E-state index is 13.5. The second-order valence-electron chi connectivity index (χ2n) is 7.78. The lowest BCUT2D eigenvalue weighted by Gasteiger charge is -2.31. The molecule has 0 aliphatic rings. The third-order valence-corrected chi connectivity index (χ3v) is 6.39. The van der Waals surface area contributed by atoms with Crippen molar-refractivity contribution in [3.63, 3.8) is 0 Å². The lowest BCUT2D eigenvalue weighted by Crippen LogP contribution is -2.51. The fraction of sp³-hybridized carbons (Fsp3) is 0.417. The molecule has 0 aliphatic heterocycles. The van der Waals surface area contributed by atoms with Crippen LogP contribution in [0.5, 0.6) is 11.5 Å². The summed E-state index contributed by atoms with van der Waals surface area (Å²) in [5.74, 6) is 0.143. The average Bonchev–Trinajstić information content (AvgIpc) is 2.83. The number of carbonyl (C=O) groups excluding carboxylic acids is 2. The van der Waals surface area contributed by atoms with Crippen molar-refractivity contribution in [3.05, 3.63) is 54.1 Å². The first-order valence-electron chi connectivity index (χ1n) is 10.9. The van der Waals surface area contributed by atoms with Gasteiger partial charge in [0.2, 0.25) is 21.8 Å². The van der Waals surface area contributed by atoms with Crippen LogP contribution in [0.2, 0.25) is 0 Å². The van der Waals surface area contributed by atoms with Crippen LogP contribution in [0.25, 0.3) is 0 Å². The number of rotatable bonds is 12. The van der Waals surface area contributed by atoms with Crippen LogP contribution >= 0.6 is 0 Å². The molecular weight excluding hydrogens is 458 g/mol. The Balaban J connectivity index is 2.39. The fourth-order valence-electron chi connectivity index (χ4n) is 3.34. The van der Waals surface area contributed by atoms with Crippen LogP contribution in [-0.2, 0) is 26.2 Å². The van der Waals surface area contributed by atoms with Crippen LogP contribution in [0.15, 0.2) is 48.5 Å². The number of nitrogens with one attached hydrogen (secondary N) is 1. The van der Waals surface area contributed by atoms with Crippen molar-refractivity contribution in [1.82, 2.24) is 10.2 Å². The molecule has 2 aromatic rings. The van der Waals surface area contributed by atoms with Crippen LogP contribution in [0.4, 0.5) is 5.69 Å². The Bertz CT molecular complexity index is 1070. The number of amides is 2. The monoisotopic (exact) mass is 491 g/mol. The van der Waals surface area contributed by atoms with Gasteiger partial charge in [0.1, 0.15) is 24.1 Å². The second kappa shape index (κ2) is 12.3. The summed E-state index contributed by atoms with van der Waals surface area (Å²) >= 11 is 0. The molecule has 0 aromatic heterocycles. The third kappa shape index (κ3) is 7.11. The van der Waals surface area contributed by atoms with E-state index in [1.54, 1.807) is 62.6 Å². The molecule has 0 heterocycles. The quantitative estimate of drug-likeness (QED) is 0.489. The number of anilines is 1. The van der Waals surface area contributed by atoms with Gasteiger partial charge >= 0.3 is 0 Å². The fourth-order valence-corrected chi connectivity index (χ4v) is 4.19. The number of hydrogen-bond acceptors (Lipinski definition) is 6. The molecule has 0 saturated carbocycles. The summed E-state index contributed by atoms with van der Waals surface area (Å²) in [5, 5.41) is 2.80. The number of benzene rings is 2. The summed E-state index contributed by atoms with van der Waals surface area (Å²) in [6.07, 6.45) is 1.78. The van der Waals surface area contributed by atoms with Crippen LogP contribution < -0.4 is 19.1 Å². The summed E-state index contributed by atoms with van der Waals surface area (Å²) in [5.41, 5.74) is 1.01. The first kappa shape index (κ1) is 27.0. The predicted octanol–water partition coefficient (Wildman–Crippen LogP) is 2.41. The zero-order valence-electron chi connectivity index (χ0n) is 20.3. The van der Waals surface area contributed by atoms with E-state index < -0.39 is 28.5 Å². The number of ether oxygens (including phenoxy) is 2. The van der Waals surface area contributed by atoms with Gasteiger partial charge in [-0.2, -0.15) is 0 Å². The highest BCUT2D eigenvalue weighted by Crippen LogP contribution is 2.29. The summed E-state index contributed by atoms with van der Waals surface area (Å²) in [6.45, 7) is 3.67. The minimum Gasteiger partial charge on any atom is -0.497 e. The van der Waals surface area contributed by atoms with Crippen molar-refractivity contribution < 1.29 is 27.5 Å². The molecule has 34 heavy (non-hydrogen) atoms. The van der Waals surface area contributed by atoms with Crippen LogP contribution in [0, 0.1) is 0 Å². The first-order valence-corrected chi connectivity index (χ1v) is 12.8. The van der Waals surface area contributed by atoms with Gasteiger partial charge < -0.3 is 19.7 Å². The van der Waals surface area contributed by atoms with Gasteiger partial charge in [0.25, 0.3) is 0 Å². The van der Waals surface area contributed by atoms with E-state index in [-0.39, 0.29) is 18.1 Å². The molecule has 186 valence electrons. The molecule has 10 heteroatoms. The molecule has 0 fully saturated rings. The molecular formula is C24H33N3O6S. The van der Waals surface area contributed by atoms with Crippen molar-refractivity contribution in [1.29, 1.82) is 0 Å². The minimum atomic E-state index is -3.83. The number of nitrogens with zero attached hydrogens (tertiary/aromatic N) is 2. The molecule has 1 atom stereocenters. The topological polar surface area (TPSA) is 105 Å². The lowest BCUT2D eigenvalue weighted by molar-refractivity contribution is -0.139. The molecule has 9 nitrogen and oxygen atoms in total. The Labute approximate surface area is 201 Å². The average molecular weight is 492 g/mol. The van der Waals surface area contributed by atoms with Gasteiger partial charge in [0, 0.05) is 13.1 Å². The number of carbonyl (C=O) groups is 2. The van der Waals surface area contributed by atoms with E-state index in [1.165, 1.54) is 12.0 Å². The van der Waals surface area contributed by atoms with Crippen molar-refractivity contribution in [2.45, 2.75) is 32.9 Å². The minimum absolute atomic E-state index is 0.118. The molecule has 1 unspecified atom stereocenters. The SMILES string of the molecule is CCCNC(=O)C(C)N(Cc1ccc(OC)cc1)C(=O)CN(c1ccccc1OC)S(C)(=O)=O. The number of methoxy groups -OCH3 is 2. The van der Waals surface area contributed by atoms with E-state index in [9.17, 15) is 18.0 Å². The highest BCUT2D eigenvalue weighted by Gasteiger charge is 2.31. The highest BCUT2D eigenvalue weighted by molar-refractivity contribution is 7.92.